The minimum absolute atomic E-state index is 0.0689. The van der Waals surface area contributed by atoms with E-state index in [4.69, 9.17) is 20.9 Å². The molecule has 0 radical (unpaired) electrons. The molecule has 0 unspecified atom stereocenters. The Morgan fingerprint density at radius 1 is 1.12 bits per heavy atom. The van der Waals surface area contributed by atoms with Crippen LogP contribution >= 0.6 is 11.6 Å². The van der Waals surface area contributed by atoms with Gasteiger partial charge in [0, 0.05) is 49.9 Å². The summed E-state index contributed by atoms with van der Waals surface area (Å²) in [5, 5.41) is 9.26. The van der Waals surface area contributed by atoms with E-state index in [9.17, 15) is 4.79 Å². The molecule has 1 aromatic heterocycles. The number of piperazine rings is 1. The number of anilines is 1. The number of nitrogens with zero attached hydrogens (tertiary/aromatic N) is 3. The summed E-state index contributed by atoms with van der Waals surface area (Å²) >= 11 is 6.06. The lowest BCUT2D eigenvalue weighted by Gasteiger charge is -2.36. The number of rotatable bonds is 6. The molecule has 1 aliphatic carbocycles. The van der Waals surface area contributed by atoms with Gasteiger partial charge in [0.15, 0.2) is 11.4 Å². The number of nitrogens with one attached hydrogen (secondary N) is 1. The highest BCUT2D eigenvalue weighted by Gasteiger charge is 2.28. The van der Waals surface area contributed by atoms with E-state index >= 15 is 0 Å². The number of aromatic nitrogens is 1. The average Bonchev–Trinajstić information content (AvgIpc) is 3.49. The third-order valence-electron chi connectivity index (χ3n) is 7.43. The zero-order valence-corrected chi connectivity index (χ0v) is 19.4. The topological polar surface area (TPSA) is 70.8 Å². The van der Waals surface area contributed by atoms with E-state index in [0.717, 1.165) is 81.3 Å². The summed E-state index contributed by atoms with van der Waals surface area (Å²) < 4.78 is 10.8. The van der Waals surface area contributed by atoms with Crippen molar-refractivity contribution in [1.82, 2.24) is 15.4 Å². The average molecular weight is 461 g/mol. The summed E-state index contributed by atoms with van der Waals surface area (Å²) in [6.45, 7) is 6.51. The number of halogens is 1. The molecule has 1 saturated carbocycles. The monoisotopic (exact) mass is 460 g/mol. The second kappa shape index (κ2) is 9.98. The van der Waals surface area contributed by atoms with E-state index in [1.54, 1.807) is 0 Å². The first-order chi connectivity index (χ1) is 15.7. The molecule has 1 aromatic carbocycles. The van der Waals surface area contributed by atoms with Crippen molar-refractivity contribution in [2.45, 2.75) is 44.6 Å². The zero-order valence-electron chi connectivity index (χ0n) is 18.6. The highest BCUT2D eigenvalue weighted by atomic mass is 35.5. The van der Waals surface area contributed by atoms with Crippen LogP contribution in [0.5, 0.6) is 0 Å². The SMILES string of the molecule is O=C(N[C@H]1CC[C@H](CCN2CCN(c3noc4cc(Cl)ccc34)CC2)CC1)[C@H]1CCOC1. The number of hydrogen-bond donors (Lipinski definition) is 1. The highest BCUT2D eigenvalue weighted by Crippen LogP contribution is 2.30. The van der Waals surface area contributed by atoms with Crippen molar-refractivity contribution in [2.24, 2.45) is 11.8 Å². The maximum atomic E-state index is 12.3. The van der Waals surface area contributed by atoms with Crippen LogP contribution in [0.15, 0.2) is 22.7 Å². The van der Waals surface area contributed by atoms with Crippen LogP contribution in [0.1, 0.15) is 38.5 Å². The molecule has 3 heterocycles. The van der Waals surface area contributed by atoms with Gasteiger partial charge in [0.1, 0.15) is 0 Å². The fraction of sp³-hybridized carbons (Fsp3) is 0.667. The Bertz CT molecular complexity index is 913. The van der Waals surface area contributed by atoms with E-state index in [1.165, 1.54) is 19.3 Å². The summed E-state index contributed by atoms with van der Waals surface area (Å²) in [6, 6.07) is 6.07. The lowest BCUT2D eigenvalue weighted by Crippen LogP contribution is -2.47. The first-order valence-electron chi connectivity index (χ1n) is 12.1. The third-order valence-corrected chi connectivity index (χ3v) is 7.67. The van der Waals surface area contributed by atoms with Gasteiger partial charge in [-0.05, 0) is 63.1 Å². The van der Waals surface area contributed by atoms with E-state index in [-0.39, 0.29) is 11.8 Å². The van der Waals surface area contributed by atoms with Gasteiger partial charge in [0.2, 0.25) is 5.91 Å². The molecule has 32 heavy (non-hydrogen) atoms. The van der Waals surface area contributed by atoms with Crippen molar-refractivity contribution in [1.29, 1.82) is 0 Å². The molecule has 1 N–H and O–H groups in total. The van der Waals surface area contributed by atoms with E-state index in [0.29, 0.717) is 17.7 Å². The minimum atomic E-state index is 0.0689. The van der Waals surface area contributed by atoms with Crippen molar-refractivity contribution in [3.05, 3.63) is 23.2 Å². The van der Waals surface area contributed by atoms with E-state index < -0.39 is 0 Å². The van der Waals surface area contributed by atoms with Gasteiger partial charge in [0.05, 0.1) is 17.9 Å². The molecule has 1 atom stereocenters. The van der Waals surface area contributed by atoms with Gasteiger partial charge in [-0.25, -0.2) is 0 Å². The van der Waals surface area contributed by atoms with Crippen LogP contribution in [0, 0.1) is 11.8 Å². The first kappa shape index (κ1) is 22.0. The number of amides is 1. The van der Waals surface area contributed by atoms with Gasteiger partial charge < -0.3 is 19.5 Å². The second-order valence-corrected chi connectivity index (χ2v) is 9.99. The Balaban J connectivity index is 1.02. The third kappa shape index (κ3) is 5.05. The van der Waals surface area contributed by atoms with Gasteiger partial charge >= 0.3 is 0 Å². The Morgan fingerprint density at radius 3 is 2.69 bits per heavy atom. The molecule has 2 saturated heterocycles. The summed E-state index contributed by atoms with van der Waals surface area (Å²) in [4.78, 5) is 17.2. The maximum absolute atomic E-state index is 12.3. The van der Waals surface area contributed by atoms with Crippen LogP contribution in [0.3, 0.4) is 0 Å². The van der Waals surface area contributed by atoms with Crippen molar-refractivity contribution < 1.29 is 14.1 Å². The molecule has 5 rings (SSSR count). The molecule has 2 aliphatic heterocycles. The van der Waals surface area contributed by atoms with Crippen LogP contribution in [0.25, 0.3) is 11.0 Å². The molecule has 7 nitrogen and oxygen atoms in total. The summed E-state index contributed by atoms with van der Waals surface area (Å²) in [5.74, 6) is 1.98. The molecule has 1 amide bonds. The number of ether oxygens (including phenoxy) is 1. The molecule has 2 aromatic rings. The van der Waals surface area contributed by atoms with Gasteiger partial charge in [0.25, 0.3) is 0 Å². The number of benzene rings is 1. The Kier molecular flexibility index (Phi) is 6.85. The van der Waals surface area contributed by atoms with E-state index in [1.807, 2.05) is 18.2 Å². The minimum Gasteiger partial charge on any atom is -0.381 e. The van der Waals surface area contributed by atoms with Crippen molar-refractivity contribution in [3.63, 3.8) is 0 Å². The van der Waals surface area contributed by atoms with Crippen LogP contribution in [0.2, 0.25) is 5.02 Å². The quantitative estimate of drug-likeness (QED) is 0.708. The van der Waals surface area contributed by atoms with Gasteiger partial charge in [-0.1, -0.05) is 16.8 Å². The molecular formula is C24H33ClN4O3. The summed E-state index contributed by atoms with van der Waals surface area (Å²) in [6.07, 6.45) is 6.79. The maximum Gasteiger partial charge on any atom is 0.225 e. The van der Waals surface area contributed by atoms with Crippen LogP contribution in [0.4, 0.5) is 5.82 Å². The predicted molar refractivity (Wildman–Crippen MR) is 125 cm³/mol. The van der Waals surface area contributed by atoms with Crippen molar-refractivity contribution in [2.75, 3.05) is 50.8 Å². The molecular weight excluding hydrogens is 428 g/mol. The van der Waals surface area contributed by atoms with Crippen LogP contribution in [-0.4, -0.2) is 67.9 Å². The first-order valence-corrected chi connectivity index (χ1v) is 12.4. The molecule has 3 aliphatic rings. The zero-order chi connectivity index (χ0) is 21.9. The number of fused-ring (bicyclic) bond motifs is 1. The smallest absolute Gasteiger partial charge is 0.225 e. The normalized spacial score (nSPS) is 27.2. The van der Waals surface area contributed by atoms with Crippen LogP contribution in [-0.2, 0) is 9.53 Å². The highest BCUT2D eigenvalue weighted by molar-refractivity contribution is 6.31. The standard InChI is InChI=1S/C24H33ClN4O3/c25-19-3-6-21-22(15-19)32-27-23(21)29-12-10-28(11-13-29)9-7-17-1-4-20(5-2-17)26-24(30)18-8-14-31-16-18/h3,6,15,17-18,20H,1-2,4-5,7-14,16H2,(H,26,30)/t17-,18-,20-/m0/s1. The number of hydrogen-bond acceptors (Lipinski definition) is 6. The fourth-order valence-electron chi connectivity index (χ4n) is 5.33. The Labute approximate surface area is 194 Å². The van der Waals surface area contributed by atoms with Crippen molar-refractivity contribution in [3.8, 4) is 0 Å². The second-order valence-electron chi connectivity index (χ2n) is 9.55. The Morgan fingerprint density at radius 2 is 1.94 bits per heavy atom. The predicted octanol–water partition coefficient (Wildman–Crippen LogP) is 3.70. The summed E-state index contributed by atoms with van der Waals surface area (Å²) in [7, 11) is 0. The van der Waals surface area contributed by atoms with E-state index in [2.05, 4.69) is 20.3 Å². The molecule has 174 valence electrons. The Hall–Kier alpha value is -1.83. The van der Waals surface area contributed by atoms with Gasteiger partial charge in [-0.15, -0.1) is 0 Å². The van der Waals surface area contributed by atoms with Crippen molar-refractivity contribution >= 4 is 34.3 Å². The van der Waals surface area contributed by atoms with Crippen LogP contribution < -0.4 is 10.2 Å². The molecule has 8 heteroatoms. The molecule has 0 spiro atoms. The number of carbonyl (C=O) groups is 1. The molecule has 0 bridgehead atoms. The lowest BCUT2D eigenvalue weighted by molar-refractivity contribution is -0.125. The number of carbonyl (C=O) groups excluding carboxylic acids is 1. The van der Waals surface area contributed by atoms with Gasteiger partial charge in [-0.2, -0.15) is 0 Å². The largest absolute Gasteiger partial charge is 0.381 e. The summed E-state index contributed by atoms with van der Waals surface area (Å²) in [5.41, 5.74) is 0.748. The van der Waals surface area contributed by atoms with Gasteiger partial charge in [-0.3, -0.25) is 9.69 Å². The fourth-order valence-corrected chi connectivity index (χ4v) is 5.49. The lowest BCUT2D eigenvalue weighted by atomic mass is 9.83. The molecule has 3 fully saturated rings.